The van der Waals surface area contributed by atoms with Crippen molar-refractivity contribution in [2.75, 3.05) is 39.3 Å². The number of esters is 1. The van der Waals surface area contributed by atoms with Gasteiger partial charge in [-0.3, -0.25) is 9.59 Å². The third-order valence-corrected chi connectivity index (χ3v) is 2.79. The second-order valence-corrected chi connectivity index (χ2v) is 3.91. The van der Waals surface area contributed by atoms with Crippen molar-refractivity contribution in [2.24, 2.45) is 0 Å². The van der Waals surface area contributed by atoms with E-state index in [1.807, 2.05) is 4.90 Å². The van der Waals surface area contributed by atoms with Crippen LogP contribution in [0.1, 0.15) is 20.3 Å². The molecule has 1 aliphatic rings. The van der Waals surface area contributed by atoms with E-state index in [4.69, 9.17) is 4.74 Å². The Hall–Kier alpha value is -1.10. The molecule has 92 valence electrons. The van der Waals surface area contributed by atoms with Gasteiger partial charge in [-0.05, 0) is 6.54 Å². The minimum Gasteiger partial charge on any atom is -0.465 e. The molecule has 0 aliphatic carbocycles. The van der Waals surface area contributed by atoms with Crippen LogP contribution in [0.3, 0.4) is 0 Å². The average Bonchev–Trinajstić information content (AvgIpc) is 2.28. The number of piperazine rings is 1. The molecule has 5 nitrogen and oxygen atoms in total. The first-order valence-corrected chi connectivity index (χ1v) is 5.77. The quantitative estimate of drug-likeness (QED) is 0.641. The summed E-state index contributed by atoms with van der Waals surface area (Å²) >= 11 is 0. The number of hydrogen-bond donors (Lipinski definition) is 0. The van der Waals surface area contributed by atoms with Crippen LogP contribution >= 0.6 is 0 Å². The van der Waals surface area contributed by atoms with Crippen molar-refractivity contribution >= 4 is 11.9 Å². The molecule has 0 radical (unpaired) electrons. The molecular formula is C11H20N2O3. The molecule has 1 saturated heterocycles. The molecular weight excluding hydrogens is 208 g/mol. The van der Waals surface area contributed by atoms with Crippen LogP contribution in [-0.4, -0.2) is 61.0 Å². The van der Waals surface area contributed by atoms with Gasteiger partial charge >= 0.3 is 5.97 Å². The van der Waals surface area contributed by atoms with Gasteiger partial charge in [0.1, 0.15) is 6.61 Å². The molecule has 1 fully saturated rings. The molecule has 1 amide bonds. The van der Waals surface area contributed by atoms with E-state index < -0.39 is 0 Å². The highest BCUT2D eigenvalue weighted by molar-refractivity contribution is 5.76. The second kappa shape index (κ2) is 6.48. The Morgan fingerprint density at radius 2 is 1.81 bits per heavy atom. The minimum atomic E-state index is -0.330. The van der Waals surface area contributed by atoms with Gasteiger partial charge in [-0.25, -0.2) is 0 Å². The lowest BCUT2D eigenvalue weighted by Gasteiger charge is -2.34. The summed E-state index contributed by atoms with van der Waals surface area (Å²) < 4.78 is 4.75. The molecule has 5 heteroatoms. The molecule has 0 spiro atoms. The highest BCUT2D eigenvalue weighted by Gasteiger charge is 2.19. The van der Waals surface area contributed by atoms with Crippen molar-refractivity contribution < 1.29 is 14.3 Å². The summed E-state index contributed by atoms with van der Waals surface area (Å²) in [5.74, 6) is -0.249. The Labute approximate surface area is 96.3 Å². The van der Waals surface area contributed by atoms with Crippen LogP contribution in [0.2, 0.25) is 0 Å². The summed E-state index contributed by atoms with van der Waals surface area (Å²) in [5.41, 5.74) is 0. The number of ether oxygens (including phenoxy) is 1. The maximum Gasteiger partial charge on any atom is 0.302 e. The molecule has 1 heterocycles. The normalized spacial score (nSPS) is 17.2. The fraction of sp³-hybridized carbons (Fsp3) is 0.818. The number of hydrogen-bond acceptors (Lipinski definition) is 4. The fourth-order valence-electron chi connectivity index (χ4n) is 1.75. The Morgan fingerprint density at radius 3 is 2.31 bits per heavy atom. The molecule has 0 aromatic rings. The van der Waals surface area contributed by atoms with E-state index in [1.165, 1.54) is 6.92 Å². The fourth-order valence-corrected chi connectivity index (χ4v) is 1.75. The van der Waals surface area contributed by atoms with Crippen LogP contribution in [0.15, 0.2) is 0 Å². The first-order valence-electron chi connectivity index (χ1n) is 5.77. The number of amides is 1. The predicted octanol–water partition coefficient (Wildman–Crippen LogP) is 0.104. The van der Waals surface area contributed by atoms with E-state index in [2.05, 4.69) is 11.8 Å². The van der Waals surface area contributed by atoms with E-state index in [9.17, 15) is 9.59 Å². The smallest absolute Gasteiger partial charge is 0.302 e. The zero-order valence-corrected chi connectivity index (χ0v) is 10.1. The van der Waals surface area contributed by atoms with Crippen molar-refractivity contribution in [2.45, 2.75) is 20.3 Å². The van der Waals surface area contributed by atoms with Crippen molar-refractivity contribution in [1.82, 2.24) is 9.80 Å². The summed E-state index contributed by atoms with van der Waals surface area (Å²) in [6, 6.07) is 0. The van der Waals surface area contributed by atoms with Crippen LogP contribution in [0, 0.1) is 0 Å². The van der Waals surface area contributed by atoms with Gasteiger partial charge in [-0.1, -0.05) is 6.92 Å². The summed E-state index contributed by atoms with van der Waals surface area (Å²) in [4.78, 5) is 26.4. The maximum atomic E-state index is 11.7. The molecule has 16 heavy (non-hydrogen) atoms. The van der Waals surface area contributed by atoms with Crippen LogP contribution in [0.5, 0.6) is 0 Å². The van der Waals surface area contributed by atoms with Gasteiger partial charge in [0.05, 0.1) is 6.42 Å². The monoisotopic (exact) mass is 228 g/mol. The van der Waals surface area contributed by atoms with Crippen LogP contribution in [0.4, 0.5) is 0 Å². The summed E-state index contributed by atoms with van der Waals surface area (Å²) in [6.45, 7) is 8.16. The zero-order chi connectivity index (χ0) is 12.0. The number of likely N-dealkylation sites (N-methyl/N-ethyl adjacent to an activating group) is 1. The highest BCUT2D eigenvalue weighted by atomic mass is 16.5. The lowest BCUT2D eigenvalue weighted by molar-refractivity contribution is -0.143. The Morgan fingerprint density at radius 1 is 1.19 bits per heavy atom. The highest BCUT2D eigenvalue weighted by Crippen LogP contribution is 2.03. The SMILES string of the molecule is CCN1CCN(C(=O)CCOC(C)=O)CC1. The van der Waals surface area contributed by atoms with Gasteiger partial charge < -0.3 is 14.5 Å². The molecule has 0 N–H and O–H groups in total. The van der Waals surface area contributed by atoms with E-state index >= 15 is 0 Å². The predicted molar refractivity (Wildman–Crippen MR) is 59.9 cm³/mol. The van der Waals surface area contributed by atoms with Crippen LogP contribution < -0.4 is 0 Å². The van der Waals surface area contributed by atoms with E-state index in [0.717, 1.165) is 32.7 Å². The van der Waals surface area contributed by atoms with Crippen LogP contribution in [0.25, 0.3) is 0 Å². The Balaban J connectivity index is 2.20. The maximum absolute atomic E-state index is 11.7. The molecule has 0 bridgehead atoms. The van der Waals surface area contributed by atoms with Gasteiger partial charge in [-0.15, -0.1) is 0 Å². The Bertz CT molecular complexity index is 248. The molecule has 0 aromatic heterocycles. The summed E-state index contributed by atoms with van der Waals surface area (Å²) in [7, 11) is 0. The molecule has 0 aromatic carbocycles. The minimum absolute atomic E-state index is 0.0806. The standard InChI is InChI=1S/C11H20N2O3/c1-3-12-5-7-13(8-6-12)11(15)4-9-16-10(2)14/h3-9H2,1-2H3. The van der Waals surface area contributed by atoms with Crippen molar-refractivity contribution in [1.29, 1.82) is 0 Å². The third kappa shape index (κ3) is 4.18. The van der Waals surface area contributed by atoms with E-state index in [0.29, 0.717) is 6.42 Å². The van der Waals surface area contributed by atoms with Gasteiger partial charge in [0, 0.05) is 33.1 Å². The third-order valence-electron chi connectivity index (χ3n) is 2.79. The van der Waals surface area contributed by atoms with Gasteiger partial charge in [0.25, 0.3) is 0 Å². The van der Waals surface area contributed by atoms with E-state index in [-0.39, 0.29) is 18.5 Å². The van der Waals surface area contributed by atoms with Gasteiger partial charge in [0.15, 0.2) is 0 Å². The van der Waals surface area contributed by atoms with Gasteiger partial charge in [-0.2, -0.15) is 0 Å². The number of nitrogens with zero attached hydrogens (tertiary/aromatic N) is 2. The molecule has 0 unspecified atom stereocenters. The summed E-state index contributed by atoms with van der Waals surface area (Å²) in [5, 5.41) is 0. The average molecular weight is 228 g/mol. The number of rotatable bonds is 4. The van der Waals surface area contributed by atoms with Crippen LogP contribution in [-0.2, 0) is 14.3 Å². The molecule has 0 saturated carbocycles. The van der Waals surface area contributed by atoms with Crippen molar-refractivity contribution in [3.05, 3.63) is 0 Å². The van der Waals surface area contributed by atoms with Crippen molar-refractivity contribution in [3.63, 3.8) is 0 Å². The van der Waals surface area contributed by atoms with Crippen molar-refractivity contribution in [3.8, 4) is 0 Å². The zero-order valence-electron chi connectivity index (χ0n) is 10.1. The second-order valence-electron chi connectivity index (χ2n) is 3.91. The number of carbonyl (C=O) groups is 2. The number of carbonyl (C=O) groups excluding carboxylic acids is 2. The lowest BCUT2D eigenvalue weighted by Crippen LogP contribution is -2.48. The molecule has 1 rings (SSSR count). The molecule has 1 aliphatic heterocycles. The summed E-state index contributed by atoms with van der Waals surface area (Å²) in [6.07, 6.45) is 0.297. The van der Waals surface area contributed by atoms with Gasteiger partial charge in [0.2, 0.25) is 5.91 Å². The largest absolute Gasteiger partial charge is 0.465 e. The van der Waals surface area contributed by atoms with E-state index in [1.54, 1.807) is 0 Å². The Kier molecular flexibility index (Phi) is 5.25. The topological polar surface area (TPSA) is 49.9 Å². The first-order chi connectivity index (χ1) is 7.63. The first kappa shape index (κ1) is 13.0. The lowest BCUT2D eigenvalue weighted by atomic mass is 10.3. The molecule has 0 atom stereocenters.